The number of hydrogen-bond acceptors (Lipinski definition) is 3. The lowest BCUT2D eigenvalue weighted by molar-refractivity contribution is 0.101. The lowest BCUT2D eigenvalue weighted by atomic mass is 10.0. The summed E-state index contributed by atoms with van der Waals surface area (Å²) in [6.07, 6.45) is 1.60. The van der Waals surface area contributed by atoms with Gasteiger partial charge in [-0.05, 0) is 37.6 Å². The molecule has 1 amide bonds. The van der Waals surface area contributed by atoms with E-state index in [-0.39, 0.29) is 5.91 Å². The van der Waals surface area contributed by atoms with Crippen molar-refractivity contribution in [1.82, 2.24) is 14.8 Å². The van der Waals surface area contributed by atoms with E-state index in [1.165, 1.54) is 5.56 Å². The Morgan fingerprint density at radius 1 is 1.09 bits per heavy atom. The minimum Gasteiger partial charge on any atom is -0.319 e. The number of amides is 1. The molecule has 0 saturated carbocycles. The van der Waals surface area contributed by atoms with Crippen LogP contribution in [0.1, 0.15) is 21.7 Å². The maximum absolute atomic E-state index is 12.3. The number of nitrogens with one attached hydrogen (secondary N) is 1. The van der Waals surface area contributed by atoms with E-state index >= 15 is 0 Å². The van der Waals surface area contributed by atoms with Crippen molar-refractivity contribution in [3.05, 3.63) is 65.6 Å². The number of carbonyl (C=O) groups excluding carboxylic acids is 1. The zero-order valence-corrected chi connectivity index (χ0v) is 13.4. The van der Waals surface area contributed by atoms with Crippen molar-refractivity contribution in [2.24, 2.45) is 7.05 Å². The Labute approximate surface area is 135 Å². The van der Waals surface area contributed by atoms with Gasteiger partial charge in [0.05, 0.1) is 17.1 Å². The Bertz CT molecular complexity index is 867. The van der Waals surface area contributed by atoms with Crippen LogP contribution in [0.2, 0.25) is 0 Å². The quantitative estimate of drug-likeness (QED) is 0.807. The lowest BCUT2D eigenvalue weighted by Crippen LogP contribution is -2.17. The van der Waals surface area contributed by atoms with E-state index in [1.807, 2.05) is 37.3 Å². The van der Waals surface area contributed by atoms with Gasteiger partial charge in [-0.25, -0.2) is 0 Å². The molecule has 0 saturated heterocycles. The van der Waals surface area contributed by atoms with Crippen molar-refractivity contribution >= 4 is 11.6 Å². The van der Waals surface area contributed by atoms with Gasteiger partial charge in [-0.2, -0.15) is 5.10 Å². The Balaban J connectivity index is 1.87. The number of aryl methyl sites for hydroxylation is 3. The van der Waals surface area contributed by atoms with E-state index in [1.54, 1.807) is 24.0 Å². The molecule has 0 bridgehead atoms. The fraction of sp³-hybridized carbons (Fsp3) is 0.167. The Morgan fingerprint density at radius 3 is 2.52 bits per heavy atom. The molecule has 0 aliphatic heterocycles. The molecule has 0 fully saturated rings. The molecule has 2 heterocycles. The van der Waals surface area contributed by atoms with E-state index in [9.17, 15) is 4.79 Å². The number of pyridine rings is 1. The van der Waals surface area contributed by atoms with Crippen LogP contribution in [0.15, 0.2) is 48.7 Å². The minimum absolute atomic E-state index is 0.196. The van der Waals surface area contributed by atoms with Gasteiger partial charge >= 0.3 is 0 Å². The van der Waals surface area contributed by atoms with Crippen molar-refractivity contribution < 1.29 is 4.79 Å². The van der Waals surface area contributed by atoms with Gasteiger partial charge in [-0.1, -0.05) is 24.3 Å². The van der Waals surface area contributed by atoms with Crippen molar-refractivity contribution in [2.45, 2.75) is 13.8 Å². The first-order valence-corrected chi connectivity index (χ1v) is 7.39. The molecule has 0 atom stereocenters. The highest BCUT2D eigenvalue weighted by Crippen LogP contribution is 2.24. The maximum Gasteiger partial charge on any atom is 0.273 e. The topological polar surface area (TPSA) is 59.8 Å². The van der Waals surface area contributed by atoms with Gasteiger partial charge in [0.1, 0.15) is 5.69 Å². The smallest absolute Gasteiger partial charge is 0.273 e. The average Bonchev–Trinajstić information content (AvgIpc) is 2.96. The first kappa shape index (κ1) is 15.0. The molecule has 0 radical (unpaired) electrons. The fourth-order valence-electron chi connectivity index (χ4n) is 2.49. The highest BCUT2D eigenvalue weighted by Gasteiger charge is 2.12. The summed E-state index contributed by atoms with van der Waals surface area (Å²) < 4.78 is 1.54. The van der Waals surface area contributed by atoms with Crippen LogP contribution in [0.3, 0.4) is 0 Å². The van der Waals surface area contributed by atoms with Crippen LogP contribution in [-0.4, -0.2) is 20.7 Å². The number of carbonyl (C=O) groups is 1. The Hall–Kier alpha value is -2.95. The third-order valence-corrected chi connectivity index (χ3v) is 3.81. The Kier molecular flexibility index (Phi) is 3.93. The van der Waals surface area contributed by atoms with Crippen molar-refractivity contribution in [1.29, 1.82) is 0 Å². The summed E-state index contributed by atoms with van der Waals surface area (Å²) in [7, 11) is 1.74. The molecule has 5 heteroatoms. The highest BCUT2D eigenvalue weighted by molar-refractivity contribution is 6.03. The van der Waals surface area contributed by atoms with Crippen LogP contribution in [0, 0.1) is 13.8 Å². The summed E-state index contributed by atoms with van der Waals surface area (Å²) in [5.41, 5.74) is 5.16. The van der Waals surface area contributed by atoms with Crippen LogP contribution in [0.4, 0.5) is 5.69 Å². The molecule has 5 nitrogen and oxygen atoms in total. The molecular weight excluding hydrogens is 288 g/mol. The van der Waals surface area contributed by atoms with E-state index < -0.39 is 0 Å². The van der Waals surface area contributed by atoms with Gasteiger partial charge in [0, 0.05) is 18.8 Å². The molecule has 116 valence electrons. The zero-order valence-electron chi connectivity index (χ0n) is 13.4. The van der Waals surface area contributed by atoms with E-state index in [4.69, 9.17) is 0 Å². The lowest BCUT2D eigenvalue weighted by Gasteiger charge is -2.11. The number of aromatic nitrogens is 3. The number of rotatable bonds is 3. The molecule has 3 rings (SSSR count). The molecule has 0 unspecified atom stereocenters. The summed E-state index contributed by atoms with van der Waals surface area (Å²) in [6, 6.07) is 13.6. The van der Waals surface area contributed by atoms with Crippen LogP contribution in [0.25, 0.3) is 11.3 Å². The van der Waals surface area contributed by atoms with Gasteiger partial charge in [-0.15, -0.1) is 0 Å². The van der Waals surface area contributed by atoms with Gasteiger partial charge in [0.2, 0.25) is 0 Å². The van der Waals surface area contributed by atoms with E-state index in [0.29, 0.717) is 11.4 Å². The first-order valence-electron chi connectivity index (χ1n) is 7.39. The first-order chi connectivity index (χ1) is 11.1. The zero-order chi connectivity index (χ0) is 16.4. The third kappa shape index (κ3) is 2.99. The largest absolute Gasteiger partial charge is 0.319 e. The number of benzene rings is 1. The second-order valence-corrected chi connectivity index (χ2v) is 5.44. The van der Waals surface area contributed by atoms with Gasteiger partial charge in [0.25, 0.3) is 5.91 Å². The molecule has 0 spiro atoms. The summed E-state index contributed by atoms with van der Waals surface area (Å²) in [6.45, 7) is 3.95. The van der Waals surface area contributed by atoms with Crippen LogP contribution in [0.5, 0.6) is 0 Å². The molecule has 3 aromatic rings. The minimum atomic E-state index is -0.196. The molecule has 2 aromatic heterocycles. The van der Waals surface area contributed by atoms with Crippen LogP contribution < -0.4 is 5.32 Å². The van der Waals surface area contributed by atoms with Gasteiger partial charge < -0.3 is 5.32 Å². The number of anilines is 1. The second-order valence-electron chi connectivity index (χ2n) is 5.44. The van der Waals surface area contributed by atoms with Crippen LogP contribution >= 0.6 is 0 Å². The van der Waals surface area contributed by atoms with Gasteiger partial charge in [-0.3, -0.25) is 14.5 Å². The van der Waals surface area contributed by atoms with Crippen molar-refractivity contribution in [3.8, 4) is 11.3 Å². The standard InChI is InChI=1S/C18H18N4O/c1-12-6-4-5-7-14(12)16-9-8-15(13(2)20-16)21-18(23)17-10-11-19-22(17)3/h4-11H,1-3H3,(H,21,23). The van der Waals surface area contributed by atoms with Gasteiger partial charge in [0.15, 0.2) is 0 Å². The fourth-order valence-corrected chi connectivity index (χ4v) is 2.49. The second kappa shape index (κ2) is 6.04. The van der Waals surface area contributed by atoms with E-state index in [2.05, 4.69) is 28.4 Å². The SMILES string of the molecule is Cc1ccccc1-c1ccc(NC(=O)c2ccnn2C)c(C)n1. The van der Waals surface area contributed by atoms with Crippen molar-refractivity contribution in [3.63, 3.8) is 0 Å². The van der Waals surface area contributed by atoms with Crippen LogP contribution in [-0.2, 0) is 7.05 Å². The number of nitrogens with zero attached hydrogens (tertiary/aromatic N) is 3. The predicted octanol–water partition coefficient (Wildman–Crippen LogP) is 3.35. The highest BCUT2D eigenvalue weighted by atomic mass is 16.2. The van der Waals surface area contributed by atoms with E-state index in [0.717, 1.165) is 17.0 Å². The summed E-state index contributed by atoms with van der Waals surface area (Å²) >= 11 is 0. The molecule has 0 aliphatic rings. The summed E-state index contributed by atoms with van der Waals surface area (Å²) in [5.74, 6) is -0.196. The predicted molar refractivity (Wildman–Crippen MR) is 90.3 cm³/mol. The summed E-state index contributed by atoms with van der Waals surface area (Å²) in [5, 5.41) is 6.89. The molecule has 0 aliphatic carbocycles. The van der Waals surface area contributed by atoms with Crippen molar-refractivity contribution in [2.75, 3.05) is 5.32 Å². The normalized spacial score (nSPS) is 10.6. The number of hydrogen-bond donors (Lipinski definition) is 1. The maximum atomic E-state index is 12.3. The average molecular weight is 306 g/mol. The summed E-state index contributed by atoms with van der Waals surface area (Å²) in [4.78, 5) is 16.9. The third-order valence-electron chi connectivity index (χ3n) is 3.81. The monoisotopic (exact) mass is 306 g/mol. The molecular formula is C18H18N4O. The Morgan fingerprint density at radius 2 is 1.87 bits per heavy atom. The molecule has 1 aromatic carbocycles. The molecule has 23 heavy (non-hydrogen) atoms. The molecule has 1 N–H and O–H groups in total.